The molecule has 150 valence electrons. The number of hydrogen-bond donors (Lipinski definition) is 1. The van der Waals surface area contributed by atoms with Gasteiger partial charge in [-0.15, -0.1) is 0 Å². The van der Waals surface area contributed by atoms with Crippen LogP contribution < -0.4 is 9.62 Å². The lowest BCUT2D eigenvalue weighted by Crippen LogP contribution is -2.31. The van der Waals surface area contributed by atoms with E-state index in [1.165, 1.54) is 16.4 Å². The molecule has 0 saturated heterocycles. The largest absolute Gasteiger partial charge is 0.322 e. The van der Waals surface area contributed by atoms with Gasteiger partial charge in [0.25, 0.3) is 15.9 Å². The number of sulfonamides is 1. The van der Waals surface area contributed by atoms with E-state index in [9.17, 15) is 13.2 Å². The van der Waals surface area contributed by atoms with Gasteiger partial charge in [-0.2, -0.15) is 0 Å². The molecule has 0 aliphatic heterocycles. The van der Waals surface area contributed by atoms with E-state index in [2.05, 4.69) is 5.32 Å². The highest BCUT2D eigenvalue weighted by atomic mass is 32.2. The Morgan fingerprint density at radius 1 is 0.931 bits per heavy atom. The van der Waals surface area contributed by atoms with E-state index in [0.717, 1.165) is 11.1 Å². The van der Waals surface area contributed by atoms with Gasteiger partial charge < -0.3 is 5.32 Å². The van der Waals surface area contributed by atoms with Crippen LogP contribution in [0.1, 0.15) is 28.4 Å². The second kappa shape index (κ2) is 8.49. The lowest BCUT2D eigenvalue weighted by atomic mass is 10.1. The Bertz CT molecular complexity index is 1130. The van der Waals surface area contributed by atoms with Gasteiger partial charge in [0.15, 0.2) is 0 Å². The van der Waals surface area contributed by atoms with Crippen LogP contribution in [0.3, 0.4) is 0 Å². The molecule has 29 heavy (non-hydrogen) atoms. The summed E-state index contributed by atoms with van der Waals surface area (Å²) in [6, 6.07) is 20.7. The van der Waals surface area contributed by atoms with E-state index in [0.29, 0.717) is 11.4 Å². The fraction of sp³-hybridized carbons (Fsp3) is 0.174. The van der Waals surface area contributed by atoms with E-state index in [-0.39, 0.29) is 22.9 Å². The summed E-state index contributed by atoms with van der Waals surface area (Å²) in [5.41, 5.74) is 3.63. The smallest absolute Gasteiger partial charge is 0.264 e. The van der Waals surface area contributed by atoms with Crippen molar-refractivity contribution in [3.63, 3.8) is 0 Å². The van der Waals surface area contributed by atoms with Crippen molar-refractivity contribution in [3.8, 4) is 0 Å². The van der Waals surface area contributed by atoms with Crippen molar-refractivity contribution in [2.45, 2.75) is 25.7 Å². The Morgan fingerprint density at radius 2 is 1.62 bits per heavy atom. The lowest BCUT2D eigenvalue weighted by Gasteiger charge is -2.23. The molecule has 3 aromatic rings. The number of benzene rings is 3. The summed E-state index contributed by atoms with van der Waals surface area (Å²) < 4.78 is 27.7. The molecule has 0 saturated carbocycles. The van der Waals surface area contributed by atoms with Gasteiger partial charge in [-0.1, -0.05) is 36.4 Å². The average molecular weight is 409 g/mol. The summed E-state index contributed by atoms with van der Waals surface area (Å²) >= 11 is 0. The first-order chi connectivity index (χ1) is 13.8. The maximum atomic E-state index is 13.2. The molecule has 0 unspecified atom stereocenters. The zero-order valence-corrected chi connectivity index (χ0v) is 17.5. The predicted molar refractivity (Wildman–Crippen MR) is 117 cm³/mol. The molecule has 0 aliphatic carbocycles. The van der Waals surface area contributed by atoms with Crippen molar-refractivity contribution in [2.75, 3.05) is 16.2 Å². The van der Waals surface area contributed by atoms with Gasteiger partial charge in [0.1, 0.15) is 0 Å². The molecule has 0 atom stereocenters. The number of hydrogen-bond acceptors (Lipinski definition) is 3. The van der Waals surface area contributed by atoms with Crippen molar-refractivity contribution >= 4 is 27.3 Å². The van der Waals surface area contributed by atoms with Gasteiger partial charge in [-0.25, -0.2) is 8.42 Å². The molecule has 3 rings (SSSR count). The van der Waals surface area contributed by atoms with E-state index in [4.69, 9.17) is 0 Å². The number of nitrogens with one attached hydrogen (secondary N) is 1. The Morgan fingerprint density at radius 3 is 2.31 bits per heavy atom. The Hall–Kier alpha value is -3.12. The van der Waals surface area contributed by atoms with E-state index >= 15 is 0 Å². The molecule has 0 aliphatic rings. The van der Waals surface area contributed by atoms with Crippen LogP contribution in [0.2, 0.25) is 0 Å². The SMILES string of the molecule is CCN(c1ccccc1)S(=O)(=O)c1cccc(C(=O)Nc2cccc(C)c2C)c1. The van der Waals surface area contributed by atoms with Crippen LogP contribution in [0.4, 0.5) is 11.4 Å². The molecule has 6 heteroatoms. The molecule has 0 spiro atoms. The first-order valence-electron chi connectivity index (χ1n) is 9.40. The minimum absolute atomic E-state index is 0.0804. The Labute approximate surface area is 172 Å². The molecule has 3 aromatic carbocycles. The first-order valence-corrected chi connectivity index (χ1v) is 10.8. The number of nitrogens with zero attached hydrogens (tertiary/aromatic N) is 1. The fourth-order valence-electron chi connectivity index (χ4n) is 3.09. The van der Waals surface area contributed by atoms with E-state index in [1.807, 2.05) is 38.1 Å². The minimum atomic E-state index is -3.79. The van der Waals surface area contributed by atoms with Crippen molar-refractivity contribution in [1.29, 1.82) is 0 Å². The number of aryl methyl sites for hydroxylation is 1. The van der Waals surface area contributed by atoms with E-state index < -0.39 is 10.0 Å². The van der Waals surface area contributed by atoms with Gasteiger partial charge in [0, 0.05) is 17.8 Å². The van der Waals surface area contributed by atoms with Crippen molar-refractivity contribution in [2.24, 2.45) is 0 Å². The monoisotopic (exact) mass is 408 g/mol. The van der Waals surface area contributed by atoms with Crippen LogP contribution in [0.25, 0.3) is 0 Å². The third-order valence-electron chi connectivity index (χ3n) is 4.87. The second-order valence-corrected chi connectivity index (χ2v) is 8.60. The molecule has 5 nitrogen and oxygen atoms in total. The lowest BCUT2D eigenvalue weighted by molar-refractivity contribution is 0.102. The van der Waals surface area contributed by atoms with Crippen LogP contribution in [0.15, 0.2) is 77.7 Å². The summed E-state index contributed by atoms with van der Waals surface area (Å²) in [6.45, 7) is 5.97. The summed E-state index contributed by atoms with van der Waals surface area (Å²) in [5.74, 6) is -0.349. The van der Waals surface area contributed by atoms with Crippen molar-refractivity contribution in [3.05, 3.63) is 89.5 Å². The highest BCUT2D eigenvalue weighted by molar-refractivity contribution is 7.92. The summed E-state index contributed by atoms with van der Waals surface area (Å²) in [7, 11) is -3.79. The third-order valence-corrected chi connectivity index (χ3v) is 6.77. The van der Waals surface area contributed by atoms with Gasteiger partial charge in [-0.05, 0) is 68.3 Å². The summed E-state index contributed by atoms with van der Waals surface area (Å²) in [5, 5.41) is 2.87. The van der Waals surface area contributed by atoms with Crippen LogP contribution >= 0.6 is 0 Å². The predicted octanol–water partition coefficient (Wildman–Crippen LogP) is 4.77. The number of carbonyl (C=O) groups is 1. The van der Waals surface area contributed by atoms with Crippen molar-refractivity contribution < 1.29 is 13.2 Å². The number of anilines is 2. The van der Waals surface area contributed by atoms with Gasteiger partial charge >= 0.3 is 0 Å². The zero-order valence-electron chi connectivity index (χ0n) is 16.7. The Balaban J connectivity index is 1.92. The van der Waals surface area contributed by atoms with Crippen LogP contribution in [-0.4, -0.2) is 20.9 Å². The molecular formula is C23H24N2O3S. The molecule has 0 heterocycles. The second-order valence-electron chi connectivity index (χ2n) is 6.73. The normalized spacial score (nSPS) is 11.1. The average Bonchev–Trinajstić information content (AvgIpc) is 2.72. The maximum Gasteiger partial charge on any atom is 0.264 e. The number of para-hydroxylation sites is 1. The minimum Gasteiger partial charge on any atom is -0.322 e. The van der Waals surface area contributed by atoms with E-state index in [1.54, 1.807) is 43.3 Å². The molecule has 1 N–H and O–H groups in total. The summed E-state index contributed by atoms with van der Waals surface area (Å²) in [4.78, 5) is 12.8. The molecule has 0 bridgehead atoms. The summed E-state index contributed by atoms with van der Waals surface area (Å²) in [6.07, 6.45) is 0. The molecule has 1 amide bonds. The standard InChI is InChI=1S/C23H24N2O3S/c1-4-25(20-12-6-5-7-13-20)29(27,28)21-14-9-11-19(16-21)23(26)24-22-15-8-10-17(2)18(22)3/h5-16H,4H2,1-3H3,(H,24,26). The molecular weight excluding hydrogens is 384 g/mol. The quantitative estimate of drug-likeness (QED) is 0.639. The zero-order chi connectivity index (χ0) is 21.0. The Kier molecular flexibility index (Phi) is 6.03. The fourth-order valence-corrected chi connectivity index (χ4v) is 4.61. The number of rotatable bonds is 6. The van der Waals surface area contributed by atoms with Crippen molar-refractivity contribution in [1.82, 2.24) is 0 Å². The number of amides is 1. The molecule has 0 fully saturated rings. The third kappa shape index (κ3) is 4.32. The van der Waals surface area contributed by atoms with Crippen LogP contribution in [-0.2, 0) is 10.0 Å². The number of carbonyl (C=O) groups excluding carboxylic acids is 1. The highest BCUT2D eigenvalue weighted by Gasteiger charge is 2.24. The maximum absolute atomic E-state index is 13.2. The van der Waals surface area contributed by atoms with Gasteiger partial charge in [0.2, 0.25) is 0 Å². The molecule has 0 aromatic heterocycles. The highest BCUT2D eigenvalue weighted by Crippen LogP contribution is 2.24. The van der Waals surface area contributed by atoms with Gasteiger partial charge in [0.05, 0.1) is 10.6 Å². The van der Waals surface area contributed by atoms with Crippen LogP contribution in [0, 0.1) is 13.8 Å². The van der Waals surface area contributed by atoms with Gasteiger partial charge in [-0.3, -0.25) is 9.10 Å². The molecule has 0 radical (unpaired) electrons. The van der Waals surface area contributed by atoms with Crippen LogP contribution in [0.5, 0.6) is 0 Å². The topological polar surface area (TPSA) is 66.5 Å². The first kappa shape index (κ1) is 20.6.